The zero-order chi connectivity index (χ0) is 38.5. The van der Waals surface area contributed by atoms with Gasteiger partial charge in [-0.3, -0.25) is 14.6 Å². The Bertz CT molecular complexity index is 1850. The number of carbonyl (C=O) groups excluding carboxylic acids is 1. The molecule has 9 nitrogen and oxygen atoms in total. The van der Waals surface area contributed by atoms with E-state index in [1.54, 1.807) is 32.2 Å². The zero-order valence-corrected chi connectivity index (χ0v) is 32.9. The van der Waals surface area contributed by atoms with Gasteiger partial charge < -0.3 is 14.4 Å². The molecule has 0 radical (unpaired) electrons. The molecule has 296 valence electrons. The zero-order valence-electron chi connectivity index (χ0n) is 31.3. The van der Waals surface area contributed by atoms with Crippen molar-refractivity contribution in [3.05, 3.63) is 70.3 Å². The number of carbonyl (C=O) groups is 1. The van der Waals surface area contributed by atoms with E-state index in [4.69, 9.17) is 21.1 Å². The molecule has 2 saturated carbocycles. The number of halogens is 4. The summed E-state index contributed by atoms with van der Waals surface area (Å²) < 4.78 is 82.2. The van der Waals surface area contributed by atoms with Crippen molar-refractivity contribution in [3.63, 3.8) is 0 Å². The van der Waals surface area contributed by atoms with Gasteiger partial charge >= 0.3 is 6.18 Å². The second-order valence-electron chi connectivity index (χ2n) is 16.3. The van der Waals surface area contributed by atoms with Crippen LogP contribution in [0.1, 0.15) is 67.4 Å². The summed E-state index contributed by atoms with van der Waals surface area (Å²) in [7, 11) is -2.31. The predicted molar refractivity (Wildman–Crippen MR) is 203 cm³/mol. The van der Waals surface area contributed by atoms with Crippen LogP contribution in [-0.4, -0.2) is 101 Å². The average Bonchev–Trinajstić information content (AvgIpc) is 3.68. The Hall–Kier alpha value is -2.84. The van der Waals surface area contributed by atoms with Gasteiger partial charge in [0.05, 0.1) is 17.5 Å². The molecule has 2 aliphatic carbocycles. The molecule has 1 saturated heterocycles. The minimum absolute atomic E-state index is 0.0794. The first-order chi connectivity index (χ1) is 25.6. The first-order valence-corrected chi connectivity index (χ1v) is 21.1. The fraction of sp³-hybridized carbons (Fsp3) is 0.625. The maximum Gasteiger partial charge on any atom is 0.401 e. The molecule has 2 aromatic carbocycles. The smallest absolute Gasteiger partial charge is 0.401 e. The normalized spacial score (nSPS) is 32.7. The number of aryl methyl sites for hydroxylation is 1. The van der Waals surface area contributed by atoms with Gasteiger partial charge in [-0.15, -0.1) is 0 Å². The molecule has 1 amide bonds. The van der Waals surface area contributed by atoms with Crippen molar-refractivity contribution in [1.82, 2.24) is 14.5 Å². The van der Waals surface area contributed by atoms with Crippen LogP contribution in [0.3, 0.4) is 0 Å². The van der Waals surface area contributed by atoms with Gasteiger partial charge in [0.15, 0.2) is 0 Å². The molecule has 6 atom stereocenters. The molecule has 1 N–H and O–H groups in total. The fourth-order valence-electron chi connectivity index (χ4n) is 9.43. The third-order valence-corrected chi connectivity index (χ3v) is 15.1. The maximum absolute atomic E-state index is 13.6. The molecule has 0 aromatic heterocycles. The van der Waals surface area contributed by atoms with Crippen LogP contribution in [0.5, 0.6) is 5.75 Å². The van der Waals surface area contributed by atoms with Gasteiger partial charge in [0.2, 0.25) is 10.0 Å². The molecule has 2 bridgehead atoms. The number of nitrogens with zero attached hydrogens (tertiary/aromatic N) is 3. The van der Waals surface area contributed by atoms with Gasteiger partial charge in [0.25, 0.3) is 5.91 Å². The van der Waals surface area contributed by atoms with Crippen LogP contribution < -0.4 is 14.4 Å². The number of anilines is 1. The Kier molecular flexibility index (Phi) is 11.1. The quantitative estimate of drug-likeness (QED) is 0.343. The number of hydrogen-bond acceptors (Lipinski definition) is 8. The SMILES string of the molecule is CO[C@]1(CN2CCN(CC(F)(F)F)CC2)/C=C/C[C@H](C)[C@@H](C)S(=O)(=O)NC(=O)c2ccc3c(c2)N(CCCCc2cc(Cl)ccc2CO3)CC23CC2C[C@H]31. The van der Waals surface area contributed by atoms with Gasteiger partial charge in [-0.2, -0.15) is 13.2 Å². The fourth-order valence-corrected chi connectivity index (χ4v) is 10.9. The van der Waals surface area contributed by atoms with E-state index >= 15 is 0 Å². The topological polar surface area (TPSA) is 91.4 Å². The molecule has 3 fully saturated rings. The number of nitrogens with one attached hydrogen (secondary N) is 1. The van der Waals surface area contributed by atoms with E-state index < -0.39 is 39.5 Å². The number of allylic oxidation sites excluding steroid dienone is 1. The van der Waals surface area contributed by atoms with Gasteiger partial charge in [-0.25, -0.2) is 13.1 Å². The first-order valence-electron chi connectivity index (χ1n) is 19.2. The van der Waals surface area contributed by atoms with E-state index in [-0.39, 0.29) is 22.8 Å². The summed E-state index contributed by atoms with van der Waals surface area (Å²) in [5.74, 6) is 0.232. The minimum atomic E-state index is -4.24. The number of amides is 1. The number of rotatable bonds is 4. The number of fused-ring (bicyclic) bond motifs is 2. The summed E-state index contributed by atoms with van der Waals surface area (Å²) in [4.78, 5) is 19.6. The van der Waals surface area contributed by atoms with Crippen molar-refractivity contribution in [2.45, 2.75) is 76.0 Å². The Morgan fingerprint density at radius 1 is 1.02 bits per heavy atom. The van der Waals surface area contributed by atoms with Crippen LogP contribution in [0.25, 0.3) is 0 Å². The predicted octanol–water partition coefficient (Wildman–Crippen LogP) is 6.70. The minimum Gasteiger partial charge on any atom is -0.487 e. The summed E-state index contributed by atoms with van der Waals surface area (Å²) >= 11 is 6.39. The maximum atomic E-state index is 13.6. The van der Waals surface area contributed by atoms with Crippen LogP contribution in [0, 0.1) is 23.2 Å². The lowest BCUT2D eigenvalue weighted by Crippen LogP contribution is -2.59. The summed E-state index contributed by atoms with van der Waals surface area (Å²) in [6.07, 6.45) is 4.95. The van der Waals surface area contributed by atoms with Crippen molar-refractivity contribution >= 4 is 33.2 Å². The summed E-state index contributed by atoms with van der Waals surface area (Å²) in [6.45, 7) is 6.44. The number of ether oxygens (including phenoxy) is 2. The van der Waals surface area contributed by atoms with Crippen LogP contribution in [0.2, 0.25) is 5.02 Å². The van der Waals surface area contributed by atoms with Gasteiger partial charge in [0.1, 0.15) is 18.0 Å². The van der Waals surface area contributed by atoms with Crippen molar-refractivity contribution in [3.8, 4) is 5.75 Å². The first kappa shape index (κ1) is 39.4. The Morgan fingerprint density at radius 2 is 1.78 bits per heavy atom. The van der Waals surface area contributed by atoms with E-state index in [1.165, 1.54) is 4.90 Å². The van der Waals surface area contributed by atoms with Crippen LogP contribution >= 0.6 is 11.6 Å². The molecule has 2 aromatic rings. The highest BCUT2D eigenvalue weighted by Gasteiger charge is 2.72. The molecular formula is C40H52ClF3N4O5S. The molecular weight excluding hydrogens is 741 g/mol. The van der Waals surface area contributed by atoms with E-state index in [2.05, 4.69) is 20.6 Å². The third-order valence-electron chi connectivity index (χ3n) is 13.0. The standard InChI is InChI=1S/C40H52ClF3N4O5S/c1-27-7-6-13-39(52-3,25-46-15-17-47(18-16-46)26-40(42,43)44)36-21-32-22-38(32,36)24-48-14-5-4-8-29-19-33(41)11-9-31(29)23-53-35-12-10-30(20-34(35)48)37(49)45-54(50,51)28(27)2/h6,9-13,19-20,27-28,32,36H,4-5,7-8,14-18,21-26H2,1-3H3,(H,45,49)/b13-6+/t27-,28+,32?,36+,38?,39-/m0/s1. The molecule has 14 heteroatoms. The van der Waals surface area contributed by atoms with Gasteiger partial charge in [-0.1, -0.05) is 36.7 Å². The van der Waals surface area contributed by atoms with Crippen LogP contribution in [0.15, 0.2) is 48.6 Å². The van der Waals surface area contributed by atoms with Crippen LogP contribution in [-0.2, 0) is 27.8 Å². The highest BCUT2D eigenvalue weighted by molar-refractivity contribution is 7.90. The second-order valence-corrected chi connectivity index (χ2v) is 18.8. The monoisotopic (exact) mass is 792 g/mol. The Labute approximate surface area is 322 Å². The second kappa shape index (κ2) is 15.2. The Morgan fingerprint density at radius 3 is 2.48 bits per heavy atom. The van der Waals surface area contributed by atoms with E-state index in [9.17, 15) is 26.4 Å². The highest BCUT2D eigenvalue weighted by Crippen LogP contribution is 2.74. The highest BCUT2D eigenvalue weighted by atomic mass is 35.5. The average molecular weight is 793 g/mol. The molecule has 1 spiro atoms. The van der Waals surface area contributed by atoms with E-state index in [0.29, 0.717) is 75.5 Å². The largest absolute Gasteiger partial charge is 0.487 e. The summed E-state index contributed by atoms with van der Waals surface area (Å²) in [5.41, 5.74) is 2.36. The van der Waals surface area contributed by atoms with Gasteiger partial charge in [-0.05, 0) is 104 Å². The number of methoxy groups -OCH3 is 1. The van der Waals surface area contributed by atoms with E-state index in [0.717, 1.165) is 48.9 Å². The van der Waals surface area contributed by atoms with Crippen molar-refractivity contribution in [2.75, 3.05) is 64.4 Å². The third kappa shape index (κ3) is 8.17. The van der Waals surface area contributed by atoms with Gasteiger partial charge in [0, 0.05) is 69.4 Å². The number of alkyl halides is 3. The number of hydrogen-bond donors (Lipinski definition) is 1. The summed E-state index contributed by atoms with van der Waals surface area (Å²) in [6, 6.07) is 11.0. The lowest BCUT2D eigenvalue weighted by Gasteiger charge is -2.52. The van der Waals surface area contributed by atoms with Crippen molar-refractivity contribution < 1.29 is 35.9 Å². The lowest BCUT2D eigenvalue weighted by atomic mass is 9.63. The molecule has 54 heavy (non-hydrogen) atoms. The molecule has 3 heterocycles. The summed E-state index contributed by atoms with van der Waals surface area (Å²) in [5, 5.41) is -0.188. The van der Waals surface area contributed by atoms with Crippen molar-refractivity contribution in [1.29, 1.82) is 0 Å². The Balaban J connectivity index is 1.25. The van der Waals surface area contributed by atoms with Crippen LogP contribution in [0.4, 0.5) is 18.9 Å². The molecule has 5 aliphatic rings. The number of sulfonamides is 1. The van der Waals surface area contributed by atoms with E-state index in [1.807, 2.05) is 31.2 Å². The van der Waals surface area contributed by atoms with Crippen molar-refractivity contribution in [2.24, 2.45) is 23.2 Å². The molecule has 2 unspecified atom stereocenters. The lowest BCUT2D eigenvalue weighted by molar-refractivity contribution is -0.151. The number of benzene rings is 2. The molecule has 3 aliphatic heterocycles. The molecule has 7 rings (SSSR count). The number of piperazine rings is 1.